The van der Waals surface area contributed by atoms with Gasteiger partial charge in [-0.3, -0.25) is 0 Å². The van der Waals surface area contributed by atoms with E-state index in [0.29, 0.717) is 16.8 Å². The number of hydrogen-bond donors (Lipinski definition) is 1. The zero-order valence-electron chi connectivity index (χ0n) is 11.3. The van der Waals surface area contributed by atoms with Crippen LogP contribution in [0.4, 0.5) is 0 Å². The maximum atomic E-state index is 11.2. The van der Waals surface area contributed by atoms with Crippen LogP contribution in [0.1, 0.15) is 27.0 Å². The van der Waals surface area contributed by atoms with E-state index in [0.717, 1.165) is 5.56 Å². The average Bonchev–Trinajstić information content (AvgIpc) is 2.41. The molecule has 4 heteroatoms. The molecular weight excluding hydrogens is 320 g/mol. The summed E-state index contributed by atoms with van der Waals surface area (Å²) in [6, 6.07) is 11.0. The van der Waals surface area contributed by atoms with Crippen molar-refractivity contribution in [1.29, 1.82) is 0 Å². The quantitative estimate of drug-likeness (QED) is 0.904. The molecule has 0 heterocycles. The van der Waals surface area contributed by atoms with Gasteiger partial charge >= 0.3 is 5.97 Å². The highest BCUT2D eigenvalue weighted by Gasteiger charge is 2.12. The number of aryl methyl sites for hydroxylation is 2. The van der Waals surface area contributed by atoms with Gasteiger partial charge < -0.3 is 9.84 Å². The van der Waals surface area contributed by atoms with Crippen molar-refractivity contribution in [1.82, 2.24) is 0 Å². The van der Waals surface area contributed by atoms with Gasteiger partial charge in [0.2, 0.25) is 0 Å². The highest BCUT2D eigenvalue weighted by Crippen LogP contribution is 2.24. The zero-order valence-corrected chi connectivity index (χ0v) is 12.9. The van der Waals surface area contributed by atoms with Crippen LogP contribution in [0.15, 0.2) is 40.9 Å². The van der Waals surface area contributed by atoms with Crippen molar-refractivity contribution in [3.05, 3.63) is 63.1 Å². The molecule has 0 spiro atoms. The molecule has 0 saturated heterocycles. The van der Waals surface area contributed by atoms with Crippen LogP contribution >= 0.6 is 15.9 Å². The van der Waals surface area contributed by atoms with Crippen molar-refractivity contribution >= 4 is 21.9 Å². The second kappa shape index (κ2) is 6.09. The van der Waals surface area contributed by atoms with Gasteiger partial charge in [-0.25, -0.2) is 4.79 Å². The Hall–Kier alpha value is -1.81. The van der Waals surface area contributed by atoms with E-state index in [2.05, 4.69) is 28.9 Å². The molecule has 0 atom stereocenters. The average molecular weight is 335 g/mol. The zero-order chi connectivity index (χ0) is 14.7. The van der Waals surface area contributed by atoms with E-state index < -0.39 is 5.97 Å². The van der Waals surface area contributed by atoms with E-state index in [1.165, 1.54) is 17.2 Å². The second-order valence-electron chi connectivity index (χ2n) is 4.65. The van der Waals surface area contributed by atoms with Crippen LogP contribution < -0.4 is 4.74 Å². The molecule has 0 amide bonds. The van der Waals surface area contributed by atoms with Gasteiger partial charge in [-0.1, -0.05) is 34.1 Å². The fraction of sp³-hybridized carbons (Fsp3) is 0.188. The van der Waals surface area contributed by atoms with Gasteiger partial charge in [-0.2, -0.15) is 0 Å². The Morgan fingerprint density at radius 3 is 2.55 bits per heavy atom. The summed E-state index contributed by atoms with van der Waals surface area (Å²) in [5.41, 5.74) is 3.60. The second-order valence-corrected chi connectivity index (χ2v) is 5.57. The number of hydrogen-bond acceptors (Lipinski definition) is 2. The Morgan fingerprint density at radius 2 is 1.90 bits per heavy atom. The number of carboxylic acid groups (broad SMARTS) is 1. The largest absolute Gasteiger partial charge is 0.488 e. The molecule has 0 aliphatic heterocycles. The van der Waals surface area contributed by atoms with E-state index in [9.17, 15) is 4.79 Å². The molecule has 3 nitrogen and oxygen atoms in total. The van der Waals surface area contributed by atoms with Crippen LogP contribution in [0.2, 0.25) is 0 Å². The molecule has 2 aromatic rings. The minimum atomic E-state index is -0.999. The fourth-order valence-electron chi connectivity index (χ4n) is 1.85. The predicted octanol–water partition coefficient (Wildman–Crippen LogP) is 4.34. The molecule has 104 valence electrons. The van der Waals surface area contributed by atoms with E-state index in [1.807, 2.05) is 19.1 Å². The molecule has 0 radical (unpaired) electrons. The molecule has 0 saturated carbocycles. The monoisotopic (exact) mass is 334 g/mol. The van der Waals surface area contributed by atoms with E-state index in [4.69, 9.17) is 9.84 Å². The van der Waals surface area contributed by atoms with E-state index in [1.54, 1.807) is 12.1 Å². The first kappa shape index (κ1) is 14.6. The third-order valence-electron chi connectivity index (χ3n) is 3.14. The van der Waals surface area contributed by atoms with Gasteiger partial charge in [0.15, 0.2) is 0 Å². The van der Waals surface area contributed by atoms with Gasteiger partial charge in [-0.05, 0) is 48.7 Å². The maximum Gasteiger partial charge on any atom is 0.339 e. The van der Waals surface area contributed by atoms with Gasteiger partial charge in [-0.15, -0.1) is 0 Å². The summed E-state index contributed by atoms with van der Waals surface area (Å²) in [5.74, 6) is -0.625. The molecule has 0 aliphatic carbocycles. The molecule has 0 fully saturated rings. The molecule has 20 heavy (non-hydrogen) atoms. The third kappa shape index (κ3) is 3.39. The lowest BCUT2D eigenvalue weighted by atomic mass is 10.1. The smallest absolute Gasteiger partial charge is 0.339 e. The summed E-state index contributed by atoms with van der Waals surface area (Å²) in [6.07, 6.45) is 0. The van der Waals surface area contributed by atoms with E-state index >= 15 is 0 Å². The summed E-state index contributed by atoms with van der Waals surface area (Å²) in [6.45, 7) is 4.45. The van der Waals surface area contributed by atoms with Crippen molar-refractivity contribution in [2.45, 2.75) is 20.5 Å². The summed E-state index contributed by atoms with van der Waals surface area (Å²) in [5, 5.41) is 9.17. The highest BCUT2D eigenvalue weighted by molar-refractivity contribution is 9.10. The van der Waals surface area contributed by atoms with E-state index in [-0.39, 0.29) is 5.56 Å². The summed E-state index contributed by atoms with van der Waals surface area (Å²) < 4.78 is 6.35. The number of ether oxygens (including phenoxy) is 1. The van der Waals surface area contributed by atoms with Gasteiger partial charge in [0.1, 0.15) is 17.9 Å². The molecule has 0 unspecified atom stereocenters. The van der Waals surface area contributed by atoms with Crippen LogP contribution in [-0.2, 0) is 6.61 Å². The molecular formula is C16H15BrO3. The molecule has 1 N–H and O–H groups in total. The minimum absolute atomic E-state index is 0.156. The summed E-state index contributed by atoms with van der Waals surface area (Å²) in [4.78, 5) is 11.2. The lowest BCUT2D eigenvalue weighted by Gasteiger charge is -2.10. The van der Waals surface area contributed by atoms with Crippen LogP contribution in [-0.4, -0.2) is 11.1 Å². The first-order chi connectivity index (χ1) is 9.47. The van der Waals surface area contributed by atoms with Crippen LogP contribution in [0.3, 0.4) is 0 Å². The maximum absolute atomic E-state index is 11.2. The number of carbonyl (C=O) groups is 1. The van der Waals surface area contributed by atoms with Gasteiger partial charge in [0.05, 0.1) is 0 Å². The van der Waals surface area contributed by atoms with Crippen LogP contribution in [0.5, 0.6) is 5.75 Å². The van der Waals surface area contributed by atoms with Crippen molar-refractivity contribution in [3.8, 4) is 5.75 Å². The van der Waals surface area contributed by atoms with Crippen molar-refractivity contribution in [2.75, 3.05) is 0 Å². The van der Waals surface area contributed by atoms with Crippen molar-refractivity contribution < 1.29 is 14.6 Å². The van der Waals surface area contributed by atoms with Crippen molar-refractivity contribution in [2.24, 2.45) is 0 Å². The minimum Gasteiger partial charge on any atom is -0.488 e. The number of carboxylic acids is 1. The molecule has 2 rings (SSSR count). The first-order valence-electron chi connectivity index (χ1n) is 6.19. The Labute approximate surface area is 126 Å². The number of rotatable bonds is 4. The topological polar surface area (TPSA) is 46.5 Å². The summed E-state index contributed by atoms with van der Waals surface area (Å²) in [7, 11) is 0. The Balaban J connectivity index is 2.18. The normalized spacial score (nSPS) is 10.3. The number of benzene rings is 2. The summed E-state index contributed by atoms with van der Waals surface area (Å²) >= 11 is 3.26. The molecule has 2 aromatic carbocycles. The predicted molar refractivity (Wildman–Crippen MR) is 81.3 cm³/mol. The lowest BCUT2D eigenvalue weighted by Crippen LogP contribution is -2.03. The Kier molecular flexibility index (Phi) is 4.45. The fourth-order valence-corrected chi connectivity index (χ4v) is 2.21. The van der Waals surface area contributed by atoms with Gasteiger partial charge in [0.25, 0.3) is 0 Å². The van der Waals surface area contributed by atoms with Crippen molar-refractivity contribution in [3.63, 3.8) is 0 Å². The third-order valence-corrected chi connectivity index (χ3v) is 3.63. The van der Waals surface area contributed by atoms with Crippen LogP contribution in [0, 0.1) is 13.8 Å². The SMILES string of the molecule is Cc1ccc(COc2ccc(Br)cc2C(=O)O)cc1C. The van der Waals surface area contributed by atoms with Gasteiger partial charge in [0, 0.05) is 4.47 Å². The number of halogens is 1. The lowest BCUT2D eigenvalue weighted by molar-refractivity contribution is 0.0691. The van der Waals surface area contributed by atoms with Crippen LogP contribution in [0.25, 0.3) is 0 Å². The Bertz CT molecular complexity index is 650. The molecule has 0 bridgehead atoms. The number of aromatic carboxylic acids is 1. The Morgan fingerprint density at radius 1 is 1.15 bits per heavy atom. The standard InChI is InChI=1S/C16H15BrO3/c1-10-3-4-12(7-11(10)2)9-20-15-6-5-13(17)8-14(15)16(18)19/h3-8H,9H2,1-2H3,(H,18,19). The molecule has 0 aliphatic rings. The highest BCUT2D eigenvalue weighted by atomic mass is 79.9. The molecule has 0 aromatic heterocycles. The first-order valence-corrected chi connectivity index (χ1v) is 6.98.